The van der Waals surface area contributed by atoms with Gasteiger partial charge in [0.25, 0.3) is 0 Å². The molecule has 0 amide bonds. The lowest BCUT2D eigenvalue weighted by Gasteiger charge is -2.22. The number of hydrogen-bond donors (Lipinski definition) is 2. The fourth-order valence-corrected chi connectivity index (χ4v) is 2.99. The van der Waals surface area contributed by atoms with Gasteiger partial charge in [-0.15, -0.1) is 0 Å². The van der Waals surface area contributed by atoms with E-state index in [0.29, 0.717) is 17.6 Å². The summed E-state index contributed by atoms with van der Waals surface area (Å²) in [5.41, 5.74) is 1.95. The van der Waals surface area contributed by atoms with Crippen LogP contribution < -0.4 is 0 Å². The maximum Gasteiger partial charge on any atom is 0.328 e. The van der Waals surface area contributed by atoms with Crippen LogP contribution >= 0.6 is 11.3 Å². The van der Waals surface area contributed by atoms with Crippen molar-refractivity contribution in [1.82, 2.24) is 4.90 Å². The molecular weight excluding hydrogens is 278 g/mol. The minimum Gasteiger partial charge on any atom is -0.478 e. The fourth-order valence-electron chi connectivity index (χ4n) is 2.18. The number of carboxylic acid groups (broad SMARTS) is 2. The molecule has 0 radical (unpaired) electrons. The molecule has 1 fully saturated rings. The lowest BCUT2D eigenvalue weighted by Crippen LogP contribution is -2.25. The number of nitrogens with zero attached hydrogens (tertiary/aromatic N) is 1. The standard InChI is InChI=1S/C10H15NS.C4H4O4/c1-10(4-5-11(2)8-10)9-3-6-12-7-9;5-3(6)1-2-4(7)8/h3,6-7H,4-5,8H2,1-2H3;1-2H,(H,5,6)(H,7,8)/b;2-1-. The van der Waals surface area contributed by atoms with Gasteiger partial charge in [-0.05, 0) is 42.4 Å². The van der Waals surface area contributed by atoms with Crippen molar-refractivity contribution >= 4 is 23.3 Å². The summed E-state index contributed by atoms with van der Waals surface area (Å²) < 4.78 is 0. The van der Waals surface area contributed by atoms with Gasteiger partial charge < -0.3 is 15.1 Å². The van der Waals surface area contributed by atoms with E-state index in [1.165, 1.54) is 25.1 Å². The second kappa shape index (κ2) is 7.21. The van der Waals surface area contributed by atoms with E-state index in [0.717, 1.165) is 0 Å². The van der Waals surface area contributed by atoms with Gasteiger partial charge in [0.1, 0.15) is 0 Å². The quantitative estimate of drug-likeness (QED) is 0.835. The molecule has 110 valence electrons. The Bertz CT molecular complexity index is 467. The van der Waals surface area contributed by atoms with Crippen molar-refractivity contribution in [3.05, 3.63) is 34.5 Å². The van der Waals surface area contributed by atoms with E-state index in [4.69, 9.17) is 10.2 Å². The predicted octanol–water partition coefficient (Wildman–Crippen LogP) is 2.05. The number of aliphatic carboxylic acids is 2. The SMILES string of the molecule is CN1CCC(C)(c2ccsc2)C1.O=C(O)/C=C\C(=O)O. The van der Waals surface area contributed by atoms with Crippen LogP contribution in [0.1, 0.15) is 18.9 Å². The van der Waals surface area contributed by atoms with Crippen LogP contribution in [0.15, 0.2) is 29.0 Å². The average Bonchev–Trinajstić information content (AvgIpc) is 2.98. The van der Waals surface area contributed by atoms with Crippen molar-refractivity contribution in [3.63, 3.8) is 0 Å². The molecule has 1 aliphatic rings. The van der Waals surface area contributed by atoms with Crippen LogP contribution in [0, 0.1) is 0 Å². The van der Waals surface area contributed by atoms with Crippen molar-refractivity contribution < 1.29 is 19.8 Å². The monoisotopic (exact) mass is 297 g/mol. The first-order valence-electron chi connectivity index (χ1n) is 6.19. The lowest BCUT2D eigenvalue weighted by molar-refractivity contribution is -0.134. The zero-order chi connectivity index (χ0) is 15.2. The van der Waals surface area contributed by atoms with Gasteiger partial charge in [-0.25, -0.2) is 9.59 Å². The van der Waals surface area contributed by atoms with E-state index >= 15 is 0 Å². The molecule has 1 atom stereocenters. The van der Waals surface area contributed by atoms with Crippen LogP contribution in [0.2, 0.25) is 0 Å². The summed E-state index contributed by atoms with van der Waals surface area (Å²) in [6.07, 6.45) is 2.42. The molecule has 2 rings (SSSR count). The van der Waals surface area contributed by atoms with Crippen molar-refractivity contribution in [2.45, 2.75) is 18.8 Å². The number of likely N-dealkylation sites (N-methyl/N-ethyl adjacent to an activating group) is 1. The van der Waals surface area contributed by atoms with E-state index in [1.54, 1.807) is 0 Å². The van der Waals surface area contributed by atoms with E-state index < -0.39 is 11.9 Å². The van der Waals surface area contributed by atoms with Gasteiger partial charge in [0.15, 0.2) is 0 Å². The molecule has 1 aliphatic heterocycles. The molecule has 0 bridgehead atoms. The highest BCUT2D eigenvalue weighted by atomic mass is 32.1. The van der Waals surface area contributed by atoms with Gasteiger partial charge in [-0.1, -0.05) is 6.92 Å². The van der Waals surface area contributed by atoms with Crippen molar-refractivity contribution in [2.24, 2.45) is 0 Å². The first kappa shape index (κ1) is 16.4. The molecule has 1 saturated heterocycles. The number of hydrogen-bond acceptors (Lipinski definition) is 4. The molecule has 20 heavy (non-hydrogen) atoms. The van der Waals surface area contributed by atoms with Gasteiger partial charge in [0.05, 0.1) is 0 Å². The van der Waals surface area contributed by atoms with Gasteiger partial charge in [0, 0.05) is 24.1 Å². The number of likely N-dealkylation sites (tertiary alicyclic amines) is 1. The third kappa shape index (κ3) is 5.14. The van der Waals surface area contributed by atoms with Crippen LogP contribution in [0.5, 0.6) is 0 Å². The minimum atomic E-state index is -1.26. The van der Waals surface area contributed by atoms with E-state index in [9.17, 15) is 9.59 Å². The Labute approximate surface area is 122 Å². The third-order valence-electron chi connectivity index (χ3n) is 3.25. The number of carboxylic acids is 2. The van der Waals surface area contributed by atoms with Gasteiger partial charge in [0.2, 0.25) is 0 Å². The summed E-state index contributed by atoms with van der Waals surface area (Å²) in [6, 6.07) is 2.27. The third-order valence-corrected chi connectivity index (χ3v) is 3.93. The van der Waals surface area contributed by atoms with Crippen molar-refractivity contribution in [2.75, 3.05) is 20.1 Å². The summed E-state index contributed by atoms with van der Waals surface area (Å²) in [4.78, 5) is 21.5. The molecule has 0 aromatic carbocycles. The maximum atomic E-state index is 9.55. The zero-order valence-corrected chi connectivity index (χ0v) is 12.4. The summed E-state index contributed by atoms with van der Waals surface area (Å²) in [6.45, 7) is 4.83. The average molecular weight is 297 g/mol. The Morgan fingerprint density at radius 3 is 2.30 bits per heavy atom. The first-order valence-corrected chi connectivity index (χ1v) is 7.13. The van der Waals surface area contributed by atoms with Crippen molar-refractivity contribution in [1.29, 1.82) is 0 Å². The molecule has 6 heteroatoms. The summed E-state index contributed by atoms with van der Waals surface area (Å²) in [5, 5.41) is 20.1. The number of carbonyl (C=O) groups is 2. The normalized spacial score (nSPS) is 22.5. The van der Waals surface area contributed by atoms with E-state index in [-0.39, 0.29) is 0 Å². The second-order valence-corrected chi connectivity index (χ2v) is 5.85. The molecule has 2 heterocycles. The molecular formula is C14H19NO4S. The lowest BCUT2D eigenvalue weighted by atomic mass is 9.84. The molecule has 1 aromatic rings. The number of rotatable bonds is 3. The molecule has 1 aromatic heterocycles. The van der Waals surface area contributed by atoms with Gasteiger partial charge in [-0.3, -0.25) is 0 Å². The van der Waals surface area contributed by atoms with E-state index in [1.807, 2.05) is 11.3 Å². The van der Waals surface area contributed by atoms with Crippen LogP contribution in [0.4, 0.5) is 0 Å². The Morgan fingerprint density at radius 2 is 1.95 bits per heavy atom. The Morgan fingerprint density at radius 1 is 1.35 bits per heavy atom. The highest BCUT2D eigenvalue weighted by Crippen LogP contribution is 2.34. The van der Waals surface area contributed by atoms with E-state index in [2.05, 4.69) is 35.7 Å². The zero-order valence-electron chi connectivity index (χ0n) is 11.6. The Hall–Kier alpha value is -1.66. The first-order chi connectivity index (χ1) is 9.33. The largest absolute Gasteiger partial charge is 0.478 e. The maximum absolute atomic E-state index is 9.55. The molecule has 2 N–H and O–H groups in total. The van der Waals surface area contributed by atoms with Gasteiger partial charge in [-0.2, -0.15) is 11.3 Å². The molecule has 5 nitrogen and oxygen atoms in total. The second-order valence-electron chi connectivity index (χ2n) is 5.07. The van der Waals surface area contributed by atoms with Crippen LogP contribution in [0.25, 0.3) is 0 Å². The highest BCUT2D eigenvalue weighted by molar-refractivity contribution is 7.08. The molecule has 1 unspecified atom stereocenters. The number of thiophene rings is 1. The van der Waals surface area contributed by atoms with Crippen LogP contribution in [-0.2, 0) is 15.0 Å². The topological polar surface area (TPSA) is 77.8 Å². The van der Waals surface area contributed by atoms with Crippen molar-refractivity contribution in [3.8, 4) is 0 Å². The Balaban J connectivity index is 0.000000221. The molecule has 0 spiro atoms. The fraction of sp³-hybridized carbons (Fsp3) is 0.429. The summed E-state index contributed by atoms with van der Waals surface area (Å²) in [5.74, 6) is -2.51. The minimum absolute atomic E-state index is 0.425. The highest BCUT2D eigenvalue weighted by Gasteiger charge is 2.33. The molecule has 0 saturated carbocycles. The Kier molecular flexibility index (Phi) is 5.91. The molecule has 0 aliphatic carbocycles. The summed E-state index contributed by atoms with van der Waals surface area (Å²) in [7, 11) is 2.21. The summed E-state index contributed by atoms with van der Waals surface area (Å²) >= 11 is 1.81. The smallest absolute Gasteiger partial charge is 0.328 e. The van der Waals surface area contributed by atoms with Crippen LogP contribution in [-0.4, -0.2) is 47.2 Å². The predicted molar refractivity (Wildman–Crippen MR) is 78.2 cm³/mol. The van der Waals surface area contributed by atoms with Crippen LogP contribution in [0.3, 0.4) is 0 Å². The van der Waals surface area contributed by atoms with Gasteiger partial charge >= 0.3 is 11.9 Å².